The predicted octanol–water partition coefficient (Wildman–Crippen LogP) is 1.61. The van der Waals surface area contributed by atoms with Crippen molar-refractivity contribution in [2.45, 2.75) is 13.5 Å². The van der Waals surface area contributed by atoms with Crippen LogP contribution in [0, 0.1) is 6.92 Å². The van der Waals surface area contributed by atoms with Crippen LogP contribution >= 0.6 is 15.9 Å². The van der Waals surface area contributed by atoms with Crippen LogP contribution in [0.15, 0.2) is 39.6 Å². The third-order valence-electron chi connectivity index (χ3n) is 2.87. The zero-order valence-electron chi connectivity index (χ0n) is 11.1. The molecule has 0 atom stereocenters. The van der Waals surface area contributed by atoms with Gasteiger partial charge in [-0.15, -0.1) is 0 Å². The summed E-state index contributed by atoms with van der Waals surface area (Å²) in [5.41, 5.74) is 5.70. The van der Waals surface area contributed by atoms with Crippen molar-refractivity contribution in [1.82, 2.24) is 19.3 Å². The summed E-state index contributed by atoms with van der Waals surface area (Å²) in [6.07, 6.45) is 0.858. The number of pyridine rings is 1. The summed E-state index contributed by atoms with van der Waals surface area (Å²) in [6.45, 7) is 1.15. The molecular weight excluding hydrogens is 348 g/mol. The lowest BCUT2D eigenvalue weighted by Gasteiger charge is -2.04. The predicted molar refractivity (Wildman–Crippen MR) is 76.4 cm³/mol. The first-order chi connectivity index (χ1) is 9.93. The average molecular weight is 360 g/mol. The van der Waals surface area contributed by atoms with E-state index in [0.29, 0.717) is 10.3 Å². The molecule has 112 valence electrons. The first-order valence-electron chi connectivity index (χ1n) is 5.94. The van der Waals surface area contributed by atoms with Gasteiger partial charge in [-0.2, -0.15) is 13.9 Å². The molecule has 21 heavy (non-hydrogen) atoms. The molecule has 0 radical (unpaired) electrons. The molecular formula is C12H12BrF2N5O. The Labute approximate surface area is 127 Å². The Hall–Kier alpha value is -1.87. The number of aryl methyl sites for hydroxylation is 1. The summed E-state index contributed by atoms with van der Waals surface area (Å²) in [4.78, 5) is 16.2. The number of aromatic nitrogens is 4. The van der Waals surface area contributed by atoms with Gasteiger partial charge in [0.25, 0.3) is 6.08 Å². The molecule has 0 aliphatic heterocycles. The lowest BCUT2D eigenvalue weighted by atomic mass is 10.3. The summed E-state index contributed by atoms with van der Waals surface area (Å²) in [5.74, 6) is 0. The summed E-state index contributed by atoms with van der Waals surface area (Å²) in [7, 11) is 0. The zero-order valence-corrected chi connectivity index (χ0v) is 12.6. The van der Waals surface area contributed by atoms with Crippen LogP contribution in [0.25, 0.3) is 5.69 Å². The maximum atomic E-state index is 12.6. The van der Waals surface area contributed by atoms with Crippen molar-refractivity contribution in [2.24, 2.45) is 5.73 Å². The highest BCUT2D eigenvalue weighted by molar-refractivity contribution is 9.10. The molecule has 2 heterocycles. The minimum absolute atomic E-state index is 0.326. The van der Waals surface area contributed by atoms with E-state index in [0.717, 1.165) is 10.2 Å². The van der Waals surface area contributed by atoms with Crippen LogP contribution in [0.5, 0.6) is 0 Å². The van der Waals surface area contributed by atoms with Crippen molar-refractivity contribution in [3.05, 3.63) is 50.9 Å². The average Bonchev–Trinajstić information content (AvgIpc) is 2.80. The van der Waals surface area contributed by atoms with Crippen molar-refractivity contribution < 1.29 is 8.78 Å². The van der Waals surface area contributed by atoms with Crippen LogP contribution in [-0.2, 0) is 6.54 Å². The van der Waals surface area contributed by atoms with Crippen molar-refractivity contribution in [3.8, 4) is 5.69 Å². The fraction of sp³-hybridized carbons (Fsp3) is 0.250. The van der Waals surface area contributed by atoms with E-state index in [9.17, 15) is 13.6 Å². The molecule has 2 aromatic heterocycles. The Balaban J connectivity index is 2.39. The maximum Gasteiger partial charge on any atom is 0.350 e. The number of rotatable bonds is 4. The van der Waals surface area contributed by atoms with Gasteiger partial charge in [0.1, 0.15) is 10.9 Å². The number of hydrogen-bond acceptors (Lipinski definition) is 4. The Kier molecular flexibility index (Phi) is 4.63. The normalized spacial score (nSPS) is 10.7. The molecule has 9 heteroatoms. The van der Waals surface area contributed by atoms with Gasteiger partial charge in [-0.3, -0.25) is 0 Å². The Bertz CT molecular complexity index is 748. The van der Waals surface area contributed by atoms with Crippen molar-refractivity contribution in [1.29, 1.82) is 0 Å². The van der Waals surface area contributed by atoms with Gasteiger partial charge in [0.2, 0.25) is 0 Å². The van der Waals surface area contributed by atoms with Crippen LogP contribution in [0.2, 0.25) is 0 Å². The second kappa shape index (κ2) is 6.27. The fourth-order valence-electron chi connectivity index (χ4n) is 1.68. The molecule has 2 N–H and O–H groups in total. The zero-order chi connectivity index (χ0) is 15.6. The smallest absolute Gasteiger partial charge is 0.327 e. The lowest BCUT2D eigenvalue weighted by molar-refractivity contribution is 0.400. The maximum absolute atomic E-state index is 12.6. The molecule has 2 rings (SSSR count). The van der Waals surface area contributed by atoms with Crippen LogP contribution in [-0.4, -0.2) is 25.9 Å². The molecule has 0 saturated carbocycles. The van der Waals surface area contributed by atoms with Crippen LogP contribution in [0.4, 0.5) is 8.78 Å². The second-order valence-corrected chi connectivity index (χ2v) is 5.06. The molecule has 0 saturated heterocycles. The van der Waals surface area contributed by atoms with E-state index in [-0.39, 0.29) is 18.7 Å². The Morgan fingerprint density at radius 3 is 2.76 bits per heavy atom. The van der Waals surface area contributed by atoms with Gasteiger partial charge >= 0.3 is 5.69 Å². The first-order valence-corrected chi connectivity index (χ1v) is 6.73. The van der Waals surface area contributed by atoms with E-state index in [2.05, 4.69) is 26.0 Å². The molecule has 0 bridgehead atoms. The van der Waals surface area contributed by atoms with Gasteiger partial charge in [0.05, 0.1) is 18.4 Å². The summed E-state index contributed by atoms with van der Waals surface area (Å²) in [6, 6.07) is 1.74. The third kappa shape index (κ3) is 3.24. The highest BCUT2D eigenvalue weighted by Crippen LogP contribution is 2.15. The molecule has 0 fully saturated rings. The van der Waals surface area contributed by atoms with E-state index >= 15 is 0 Å². The summed E-state index contributed by atoms with van der Waals surface area (Å²) < 4.78 is 28.0. The fourth-order valence-corrected chi connectivity index (χ4v) is 1.90. The van der Waals surface area contributed by atoms with E-state index in [1.54, 1.807) is 6.07 Å². The summed E-state index contributed by atoms with van der Waals surface area (Å²) in [5, 5.41) is 3.82. The third-order valence-corrected chi connectivity index (χ3v) is 3.70. The highest BCUT2D eigenvalue weighted by Gasteiger charge is 2.12. The highest BCUT2D eigenvalue weighted by atomic mass is 79.9. The molecule has 2 aromatic rings. The largest absolute Gasteiger partial charge is 0.350 e. The van der Waals surface area contributed by atoms with E-state index in [4.69, 9.17) is 5.73 Å². The molecule has 0 aliphatic rings. The number of halogens is 3. The lowest BCUT2D eigenvalue weighted by Crippen LogP contribution is -2.26. The van der Waals surface area contributed by atoms with Crippen molar-refractivity contribution in [2.75, 3.05) is 6.54 Å². The number of hydrogen-bond donors (Lipinski definition) is 1. The van der Waals surface area contributed by atoms with Crippen LogP contribution in [0.1, 0.15) is 5.56 Å². The van der Waals surface area contributed by atoms with Crippen molar-refractivity contribution >= 4 is 15.9 Å². The molecule has 0 unspecified atom stereocenters. The monoisotopic (exact) mass is 359 g/mol. The second-order valence-electron chi connectivity index (χ2n) is 4.31. The van der Waals surface area contributed by atoms with Gasteiger partial charge in [-0.1, -0.05) is 0 Å². The van der Waals surface area contributed by atoms with Gasteiger partial charge in [0.15, 0.2) is 0 Å². The van der Waals surface area contributed by atoms with E-state index < -0.39 is 11.8 Å². The quantitative estimate of drug-likeness (QED) is 0.841. The minimum Gasteiger partial charge on any atom is -0.327 e. The van der Waals surface area contributed by atoms with E-state index in [1.807, 2.05) is 6.92 Å². The van der Waals surface area contributed by atoms with Gasteiger partial charge < -0.3 is 5.73 Å². The Morgan fingerprint density at radius 1 is 1.48 bits per heavy atom. The molecule has 0 aromatic carbocycles. The van der Waals surface area contributed by atoms with Crippen LogP contribution in [0.3, 0.4) is 0 Å². The summed E-state index contributed by atoms with van der Waals surface area (Å²) >= 11 is 3.26. The first kappa shape index (κ1) is 15.5. The minimum atomic E-state index is -1.89. The van der Waals surface area contributed by atoms with Gasteiger partial charge in [-0.05, 0) is 34.5 Å². The van der Waals surface area contributed by atoms with Gasteiger partial charge in [-0.25, -0.2) is 19.0 Å². The number of nitrogens with two attached hydrogens (primary N) is 1. The molecule has 6 nitrogen and oxygen atoms in total. The molecule has 0 spiro atoms. The number of nitrogens with zero attached hydrogens (tertiary/aromatic N) is 4. The molecule has 0 aliphatic carbocycles. The van der Waals surface area contributed by atoms with Crippen molar-refractivity contribution in [3.63, 3.8) is 0 Å². The topological polar surface area (TPSA) is 78.7 Å². The SMILES string of the molecule is Cc1cc(-n2cnn(CC(CN)=C(F)F)c2=O)cnc1Br. The van der Waals surface area contributed by atoms with Gasteiger partial charge in [0, 0.05) is 12.1 Å². The van der Waals surface area contributed by atoms with E-state index in [1.165, 1.54) is 17.1 Å². The molecule has 0 amide bonds. The Morgan fingerprint density at radius 2 is 2.19 bits per heavy atom. The standard InChI is InChI=1S/C12H12BrF2N5O/c1-7-2-9(4-17-10(7)13)19-6-18-20(12(19)21)5-8(3-16)11(14)15/h2,4,6H,3,5,16H2,1H3. The van der Waals surface area contributed by atoms with Crippen LogP contribution < -0.4 is 11.4 Å².